The predicted molar refractivity (Wildman–Crippen MR) is 108 cm³/mol. The average molecular weight is 405 g/mol. The molecule has 0 saturated carbocycles. The maximum atomic E-state index is 13.3. The third-order valence-corrected chi connectivity index (χ3v) is 6.49. The number of nitrogens with zero attached hydrogens (tertiary/aromatic N) is 3. The summed E-state index contributed by atoms with van der Waals surface area (Å²) in [6, 6.07) is 6.86. The van der Waals surface area contributed by atoms with E-state index in [1.54, 1.807) is 28.8 Å². The first-order valence-electron chi connectivity index (χ1n) is 9.49. The van der Waals surface area contributed by atoms with Gasteiger partial charge in [-0.05, 0) is 45.2 Å². The van der Waals surface area contributed by atoms with Gasteiger partial charge in [0.1, 0.15) is 11.2 Å². The number of fused-ring (bicyclic) bond motifs is 3. The van der Waals surface area contributed by atoms with Crippen LogP contribution in [0.4, 0.5) is 0 Å². The zero-order chi connectivity index (χ0) is 20.7. The zero-order valence-corrected chi connectivity index (χ0v) is 17.9. The predicted octanol–water partition coefficient (Wildman–Crippen LogP) is 2.95. The number of para-hydroxylation sites is 1. The monoisotopic (exact) mass is 404 g/mol. The molecule has 1 aromatic heterocycles. The second-order valence-electron chi connectivity index (χ2n) is 8.60. The molecule has 8 heteroatoms. The van der Waals surface area contributed by atoms with Crippen LogP contribution in [0, 0.1) is 5.92 Å². The van der Waals surface area contributed by atoms with Crippen LogP contribution in [0.1, 0.15) is 57.2 Å². The lowest BCUT2D eigenvalue weighted by molar-refractivity contribution is 0.0913. The fourth-order valence-corrected chi connectivity index (χ4v) is 4.79. The molecule has 0 fully saturated rings. The summed E-state index contributed by atoms with van der Waals surface area (Å²) in [6.07, 6.45) is 2.27. The highest BCUT2D eigenvalue weighted by atomic mass is 32.2. The summed E-state index contributed by atoms with van der Waals surface area (Å²) in [6.45, 7) is 10.3. The van der Waals surface area contributed by atoms with Crippen molar-refractivity contribution >= 4 is 15.9 Å². The van der Waals surface area contributed by atoms with Crippen LogP contribution < -0.4 is 5.32 Å². The quantitative estimate of drug-likeness (QED) is 0.849. The van der Waals surface area contributed by atoms with Crippen LogP contribution in [0.25, 0.3) is 5.69 Å². The lowest BCUT2D eigenvalue weighted by Crippen LogP contribution is -2.41. The summed E-state index contributed by atoms with van der Waals surface area (Å²) in [4.78, 5) is 17.4. The van der Waals surface area contributed by atoms with E-state index >= 15 is 0 Å². The molecule has 0 unspecified atom stereocenters. The lowest BCUT2D eigenvalue weighted by Gasteiger charge is -2.22. The molecule has 1 aliphatic heterocycles. The van der Waals surface area contributed by atoms with Crippen molar-refractivity contribution in [3.63, 3.8) is 0 Å². The van der Waals surface area contributed by atoms with Crippen molar-refractivity contribution in [1.29, 1.82) is 0 Å². The summed E-state index contributed by atoms with van der Waals surface area (Å²) in [5.74, 6) is 0.0594. The molecular weight excluding hydrogens is 376 g/mol. The molecule has 0 spiro atoms. The van der Waals surface area contributed by atoms with E-state index in [4.69, 9.17) is 0 Å². The standard InChI is InChI=1S/C20H28N4O3S/c1-14(2)10-11-23-12-16-18(19(25)22-20(3,4)5)21-13-24(16)15-8-6-7-9-17(15)28(23,26)27/h6-9,13-14H,10-12H2,1-5H3,(H,22,25). The number of sulfonamides is 1. The number of hydrogen-bond acceptors (Lipinski definition) is 4. The first-order valence-corrected chi connectivity index (χ1v) is 10.9. The number of benzene rings is 1. The van der Waals surface area contributed by atoms with Crippen LogP contribution in [0.15, 0.2) is 35.5 Å². The molecule has 1 aromatic carbocycles. The smallest absolute Gasteiger partial charge is 0.272 e. The molecule has 2 heterocycles. The Morgan fingerprint density at radius 2 is 1.93 bits per heavy atom. The maximum absolute atomic E-state index is 13.3. The summed E-state index contributed by atoms with van der Waals surface area (Å²) in [5.41, 5.74) is 0.946. The number of carbonyl (C=O) groups excluding carboxylic acids is 1. The van der Waals surface area contributed by atoms with E-state index in [9.17, 15) is 13.2 Å². The van der Waals surface area contributed by atoms with Gasteiger partial charge in [0.05, 0.1) is 17.9 Å². The highest BCUT2D eigenvalue weighted by molar-refractivity contribution is 7.89. The van der Waals surface area contributed by atoms with Gasteiger partial charge < -0.3 is 5.32 Å². The van der Waals surface area contributed by atoms with E-state index in [2.05, 4.69) is 24.1 Å². The topological polar surface area (TPSA) is 84.3 Å². The van der Waals surface area contributed by atoms with Gasteiger partial charge in [0, 0.05) is 12.1 Å². The highest BCUT2D eigenvalue weighted by Crippen LogP contribution is 2.31. The SMILES string of the molecule is CC(C)CCN1Cc2c(C(=O)NC(C)(C)C)ncn2-c2ccccc2S1(=O)=O. The normalized spacial score (nSPS) is 16.4. The molecule has 1 amide bonds. The van der Waals surface area contributed by atoms with Crippen LogP contribution in [-0.4, -0.2) is 40.3 Å². The Balaban J connectivity index is 2.13. The summed E-state index contributed by atoms with van der Waals surface area (Å²) < 4.78 is 29.8. The minimum atomic E-state index is -3.68. The Bertz CT molecular complexity index is 987. The van der Waals surface area contributed by atoms with Crippen molar-refractivity contribution in [3.8, 4) is 5.69 Å². The molecule has 7 nitrogen and oxygen atoms in total. The maximum Gasteiger partial charge on any atom is 0.272 e. The largest absolute Gasteiger partial charge is 0.346 e. The van der Waals surface area contributed by atoms with Crippen LogP contribution >= 0.6 is 0 Å². The molecule has 28 heavy (non-hydrogen) atoms. The van der Waals surface area contributed by atoms with E-state index in [0.29, 0.717) is 23.8 Å². The molecule has 0 bridgehead atoms. The fourth-order valence-electron chi connectivity index (χ4n) is 3.19. The first-order chi connectivity index (χ1) is 13.0. The number of hydrogen-bond donors (Lipinski definition) is 1. The van der Waals surface area contributed by atoms with Crippen molar-refractivity contribution in [1.82, 2.24) is 19.2 Å². The Morgan fingerprint density at radius 1 is 1.25 bits per heavy atom. The van der Waals surface area contributed by atoms with E-state index < -0.39 is 15.6 Å². The van der Waals surface area contributed by atoms with Crippen LogP contribution in [-0.2, 0) is 16.6 Å². The van der Waals surface area contributed by atoms with E-state index in [0.717, 1.165) is 6.42 Å². The minimum absolute atomic E-state index is 0.108. The molecule has 2 aromatic rings. The summed E-state index contributed by atoms with van der Waals surface area (Å²) >= 11 is 0. The molecule has 0 atom stereocenters. The molecule has 0 aliphatic carbocycles. The summed E-state index contributed by atoms with van der Waals surface area (Å²) in [7, 11) is -3.68. The van der Waals surface area contributed by atoms with Crippen LogP contribution in [0.5, 0.6) is 0 Å². The van der Waals surface area contributed by atoms with Gasteiger partial charge in [-0.25, -0.2) is 13.4 Å². The molecule has 152 valence electrons. The Morgan fingerprint density at radius 3 is 2.57 bits per heavy atom. The van der Waals surface area contributed by atoms with Crippen LogP contribution in [0.2, 0.25) is 0 Å². The third-order valence-electron chi connectivity index (χ3n) is 4.59. The number of carbonyl (C=O) groups is 1. The van der Waals surface area contributed by atoms with Crippen molar-refractivity contribution in [3.05, 3.63) is 42.0 Å². The second-order valence-corrected chi connectivity index (χ2v) is 10.5. The van der Waals surface area contributed by atoms with Crippen molar-refractivity contribution in [2.45, 2.75) is 58.0 Å². The van der Waals surface area contributed by atoms with Crippen molar-refractivity contribution in [2.24, 2.45) is 5.92 Å². The van der Waals surface area contributed by atoms with Gasteiger partial charge in [0.25, 0.3) is 5.91 Å². The van der Waals surface area contributed by atoms with E-state index in [-0.39, 0.29) is 23.0 Å². The van der Waals surface area contributed by atoms with Gasteiger partial charge in [-0.1, -0.05) is 26.0 Å². The fraction of sp³-hybridized carbons (Fsp3) is 0.500. The highest BCUT2D eigenvalue weighted by Gasteiger charge is 2.35. The minimum Gasteiger partial charge on any atom is -0.346 e. The van der Waals surface area contributed by atoms with Gasteiger partial charge in [-0.2, -0.15) is 4.31 Å². The van der Waals surface area contributed by atoms with Gasteiger partial charge in [0.15, 0.2) is 5.69 Å². The second kappa shape index (κ2) is 7.33. The third kappa shape index (κ3) is 3.98. The number of amides is 1. The van der Waals surface area contributed by atoms with E-state index in [1.807, 2.05) is 20.8 Å². The Labute approximate surface area is 166 Å². The lowest BCUT2D eigenvalue weighted by atomic mass is 10.1. The Hall–Kier alpha value is -2.19. The molecular formula is C20H28N4O3S. The van der Waals surface area contributed by atoms with Crippen molar-refractivity contribution < 1.29 is 13.2 Å². The number of nitrogens with one attached hydrogen (secondary N) is 1. The Kier molecular flexibility index (Phi) is 5.38. The van der Waals surface area contributed by atoms with Gasteiger partial charge in [-0.3, -0.25) is 9.36 Å². The van der Waals surface area contributed by atoms with Crippen LogP contribution in [0.3, 0.4) is 0 Å². The average Bonchev–Trinajstić information content (AvgIpc) is 2.96. The first kappa shape index (κ1) is 20.5. The molecule has 1 N–H and O–H groups in total. The molecule has 3 rings (SSSR count). The number of rotatable bonds is 4. The van der Waals surface area contributed by atoms with Gasteiger partial charge >= 0.3 is 0 Å². The zero-order valence-electron chi connectivity index (χ0n) is 17.1. The number of imidazole rings is 1. The summed E-state index contributed by atoms with van der Waals surface area (Å²) in [5, 5.41) is 2.92. The van der Waals surface area contributed by atoms with E-state index in [1.165, 1.54) is 10.6 Å². The van der Waals surface area contributed by atoms with Gasteiger partial charge in [-0.15, -0.1) is 0 Å². The van der Waals surface area contributed by atoms with Gasteiger partial charge in [0.2, 0.25) is 10.0 Å². The van der Waals surface area contributed by atoms with Crippen molar-refractivity contribution in [2.75, 3.05) is 6.54 Å². The molecule has 0 radical (unpaired) electrons. The number of aromatic nitrogens is 2. The molecule has 0 saturated heterocycles. The molecule has 1 aliphatic rings.